The first-order valence-corrected chi connectivity index (χ1v) is 12.6. The monoisotopic (exact) mass is 555 g/mol. The molecule has 36 heavy (non-hydrogen) atoms. The summed E-state index contributed by atoms with van der Waals surface area (Å²) in [7, 11) is 0. The Kier molecular flexibility index (Phi) is 8.30. The van der Waals surface area contributed by atoms with Crippen molar-refractivity contribution in [3.63, 3.8) is 0 Å². The van der Waals surface area contributed by atoms with Crippen LogP contribution in [0.2, 0.25) is 5.15 Å². The van der Waals surface area contributed by atoms with Crippen LogP contribution in [-0.2, 0) is 4.74 Å². The number of carbonyl (C=O) groups is 1. The Morgan fingerprint density at radius 2 is 1.97 bits per heavy atom. The minimum absolute atomic E-state index is 0.0217. The topological polar surface area (TPSA) is 109 Å². The zero-order valence-electron chi connectivity index (χ0n) is 20.1. The van der Waals surface area contributed by atoms with E-state index in [1.54, 1.807) is 34.0 Å². The SMILES string of the molecule is CC[C@H]1[C@@H]([C@@H](Oc2nc(Cl)c(F)c3nc(SC)[nH]c(=O)c23)C(F)(F)F)NCCN1C(=O)OC(C)(C)C. The van der Waals surface area contributed by atoms with Gasteiger partial charge in [0.25, 0.3) is 5.56 Å². The summed E-state index contributed by atoms with van der Waals surface area (Å²) in [6.45, 7) is 6.70. The van der Waals surface area contributed by atoms with Crippen LogP contribution >= 0.6 is 23.4 Å². The molecule has 1 saturated heterocycles. The molecule has 2 N–H and O–H groups in total. The van der Waals surface area contributed by atoms with E-state index in [1.165, 1.54) is 4.90 Å². The quantitative estimate of drug-likeness (QED) is 0.245. The zero-order valence-corrected chi connectivity index (χ0v) is 21.7. The van der Waals surface area contributed by atoms with Gasteiger partial charge >= 0.3 is 12.3 Å². The molecule has 3 heterocycles. The highest BCUT2D eigenvalue weighted by Crippen LogP contribution is 2.35. The third kappa shape index (κ3) is 5.97. The number of hydrogen-bond acceptors (Lipinski definition) is 8. The largest absolute Gasteiger partial charge is 0.462 e. The summed E-state index contributed by atoms with van der Waals surface area (Å²) < 4.78 is 68.4. The van der Waals surface area contributed by atoms with Gasteiger partial charge in [0.2, 0.25) is 12.0 Å². The van der Waals surface area contributed by atoms with Gasteiger partial charge in [0, 0.05) is 13.1 Å². The number of hydrogen-bond donors (Lipinski definition) is 2. The van der Waals surface area contributed by atoms with E-state index >= 15 is 0 Å². The zero-order chi connectivity index (χ0) is 27.0. The van der Waals surface area contributed by atoms with Gasteiger partial charge in [-0.2, -0.15) is 18.2 Å². The molecule has 0 spiro atoms. The molecular weight excluding hydrogens is 530 g/mol. The highest BCUT2D eigenvalue weighted by molar-refractivity contribution is 7.98. The number of aromatic amines is 1. The fraction of sp³-hybridized carbons (Fsp3) is 0.619. The third-order valence-corrected chi connectivity index (χ3v) is 6.21. The summed E-state index contributed by atoms with van der Waals surface area (Å²) >= 11 is 6.81. The Hall–Kier alpha value is -2.32. The summed E-state index contributed by atoms with van der Waals surface area (Å²) in [5, 5.41) is 1.38. The fourth-order valence-electron chi connectivity index (χ4n) is 3.93. The summed E-state index contributed by atoms with van der Waals surface area (Å²) in [5.74, 6) is -1.99. The highest BCUT2D eigenvalue weighted by Gasteiger charge is 2.52. The van der Waals surface area contributed by atoms with Gasteiger partial charge in [-0.3, -0.25) is 4.79 Å². The van der Waals surface area contributed by atoms with Gasteiger partial charge in [-0.05, 0) is 33.4 Å². The van der Waals surface area contributed by atoms with Crippen LogP contribution in [0.3, 0.4) is 0 Å². The van der Waals surface area contributed by atoms with Crippen molar-refractivity contribution in [2.24, 2.45) is 0 Å². The Morgan fingerprint density at radius 3 is 2.53 bits per heavy atom. The van der Waals surface area contributed by atoms with E-state index in [9.17, 15) is 27.2 Å². The van der Waals surface area contributed by atoms with Crippen molar-refractivity contribution in [3.05, 3.63) is 21.3 Å². The van der Waals surface area contributed by atoms with Crippen molar-refractivity contribution in [1.82, 2.24) is 25.2 Å². The van der Waals surface area contributed by atoms with Crippen molar-refractivity contribution in [1.29, 1.82) is 0 Å². The van der Waals surface area contributed by atoms with Crippen LogP contribution in [0, 0.1) is 5.82 Å². The first kappa shape index (κ1) is 28.3. The lowest BCUT2D eigenvalue weighted by atomic mass is 9.95. The van der Waals surface area contributed by atoms with Crippen molar-refractivity contribution in [2.45, 2.75) is 69.2 Å². The molecule has 0 aliphatic carbocycles. The molecule has 1 fully saturated rings. The average Bonchev–Trinajstić information content (AvgIpc) is 2.77. The van der Waals surface area contributed by atoms with E-state index in [1.807, 2.05) is 0 Å². The molecule has 3 atom stereocenters. The van der Waals surface area contributed by atoms with E-state index in [-0.39, 0.29) is 24.7 Å². The number of amides is 1. The molecule has 1 amide bonds. The number of thioether (sulfide) groups is 1. The normalized spacial score (nSPS) is 19.9. The molecule has 2 aromatic rings. The van der Waals surface area contributed by atoms with Crippen molar-refractivity contribution >= 4 is 40.4 Å². The maximum atomic E-state index is 14.6. The van der Waals surface area contributed by atoms with Gasteiger partial charge in [0.15, 0.2) is 16.1 Å². The lowest BCUT2D eigenvalue weighted by molar-refractivity contribution is -0.210. The van der Waals surface area contributed by atoms with Crippen LogP contribution in [0.25, 0.3) is 10.9 Å². The number of alkyl halides is 3. The first-order chi connectivity index (χ1) is 16.7. The number of nitrogens with one attached hydrogen (secondary N) is 2. The number of rotatable bonds is 5. The maximum Gasteiger partial charge on any atom is 0.427 e. The van der Waals surface area contributed by atoms with E-state index in [0.717, 1.165) is 11.8 Å². The number of nitrogens with zero attached hydrogens (tertiary/aromatic N) is 3. The van der Waals surface area contributed by atoms with Crippen LogP contribution in [0.4, 0.5) is 22.4 Å². The van der Waals surface area contributed by atoms with E-state index in [0.29, 0.717) is 0 Å². The Balaban J connectivity index is 2.07. The number of carbonyl (C=O) groups excluding carboxylic acids is 1. The second-order valence-electron chi connectivity index (χ2n) is 9.03. The summed E-state index contributed by atoms with van der Waals surface area (Å²) in [4.78, 5) is 36.5. The van der Waals surface area contributed by atoms with Crippen LogP contribution in [0.5, 0.6) is 5.88 Å². The van der Waals surface area contributed by atoms with Crippen LogP contribution in [0.1, 0.15) is 34.1 Å². The molecule has 0 radical (unpaired) electrons. The number of fused-ring (bicyclic) bond motifs is 1. The molecule has 0 unspecified atom stereocenters. The number of H-pyrrole nitrogens is 1. The van der Waals surface area contributed by atoms with Gasteiger partial charge in [-0.15, -0.1) is 0 Å². The second kappa shape index (κ2) is 10.6. The minimum Gasteiger partial charge on any atom is -0.462 e. The molecule has 3 rings (SSSR count). The lowest BCUT2D eigenvalue weighted by Crippen LogP contribution is -2.67. The number of halogens is 5. The molecule has 15 heteroatoms. The van der Waals surface area contributed by atoms with E-state index in [2.05, 4.69) is 20.3 Å². The predicted molar refractivity (Wildman–Crippen MR) is 126 cm³/mol. The molecule has 1 aliphatic rings. The lowest BCUT2D eigenvalue weighted by Gasteiger charge is -2.44. The number of aromatic nitrogens is 3. The van der Waals surface area contributed by atoms with Gasteiger partial charge in [0.05, 0.1) is 12.1 Å². The molecule has 2 aromatic heterocycles. The Bertz CT molecular complexity index is 1190. The van der Waals surface area contributed by atoms with E-state index < -0.39 is 69.4 Å². The average molecular weight is 556 g/mol. The molecule has 0 aromatic carbocycles. The molecule has 200 valence electrons. The van der Waals surface area contributed by atoms with E-state index in [4.69, 9.17) is 21.1 Å². The molecule has 9 nitrogen and oxygen atoms in total. The maximum absolute atomic E-state index is 14.6. The predicted octanol–water partition coefficient (Wildman–Crippen LogP) is 4.13. The van der Waals surface area contributed by atoms with Gasteiger partial charge in [0.1, 0.15) is 16.5 Å². The second-order valence-corrected chi connectivity index (χ2v) is 10.2. The van der Waals surface area contributed by atoms with Crippen LogP contribution in [-0.4, -0.2) is 75.3 Å². The van der Waals surface area contributed by atoms with Gasteiger partial charge < -0.3 is 24.7 Å². The summed E-state index contributed by atoms with van der Waals surface area (Å²) in [6, 6.07) is -2.45. The molecule has 0 saturated carbocycles. The van der Waals surface area contributed by atoms with Crippen LogP contribution < -0.4 is 15.6 Å². The summed E-state index contributed by atoms with van der Waals surface area (Å²) in [5.41, 5.74) is -2.37. The van der Waals surface area contributed by atoms with Crippen molar-refractivity contribution < 1.29 is 31.8 Å². The fourth-order valence-corrected chi connectivity index (χ4v) is 4.47. The third-order valence-electron chi connectivity index (χ3n) is 5.37. The number of pyridine rings is 1. The van der Waals surface area contributed by atoms with Gasteiger partial charge in [-0.1, -0.05) is 30.3 Å². The Labute approximate surface area is 213 Å². The first-order valence-electron chi connectivity index (χ1n) is 11.0. The van der Waals surface area contributed by atoms with Gasteiger partial charge in [-0.25, -0.2) is 14.2 Å². The molecule has 0 bridgehead atoms. The number of piperazine rings is 1. The number of ether oxygens (including phenoxy) is 2. The smallest absolute Gasteiger partial charge is 0.427 e. The van der Waals surface area contributed by atoms with Crippen molar-refractivity contribution in [3.8, 4) is 5.88 Å². The minimum atomic E-state index is -4.98. The molecule has 1 aliphatic heterocycles. The Morgan fingerprint density at radius 1 is 1.31 bits per heavy atom. The molecular formula is C21H26ClF4N5O4S. The highest BCUT2D eigenvalue weighted by atomic mass is 35.5. The van der Waals surface area contributed by atoms with Crippen LogP contribution in [0.15, 0.2) is 9.95 Å². The standard InChI is InChI=1S/C21H26ClF4N5O4S/c1-6-9-12(27-7-8-31(9)19(33)35-20(2,3)4)14(21(24,25)26)34-17-10-13(11(23)15(22)29-17)28-18(36-5)30-16(10)32/h9,12,14,27H,6-8H2,1-5H3,(H,28,30,32)/t9-,12-,14+/m0/s1. The summed E-state index contributed by atoms with van der Waals surface area (Å²) in [6.07, 6.45) is -6.62. The van der Waals surface area contributed by atoms with Crippen molar-refractivity contribution in [2.75, 3.05) is 19.3 Å².